The molecule has 0 fully saturated rings. The minimum absolute atomic E-state index is 0.0157. The molecule has 0 radical (unpaired) electrons. The summed E-state index contributed by atoms with van der Waals surface area (Å²) in [7, 11) is 0. The largest absolute Gasteiger partial charge is 0.375 e. The second kappa shape index (κ2) is 5.60. The van der Waals surface area contributed by atoms with Crippen LogP contribution in [0.15, 0.2) is 48.6 Å². The summed E-state index contributed by atoms with van der Waals surface area (Å²) in [5.41, 5.74) is 2.00. The smallest absolute Gasteiger partial charge is 0.269 e. The third-order valence-electron chi connectivity index (χ3n) is 4.87. The van der Waals surface area contributed by atoms with Crippen LogP contribution in [0, 0.1) is 21.8 Å². The summed E-state index contributed by atoms with van der Waals surface area (Å²) in [4.78, 5) is 10.7. The molecule has 4 nitrogen and oxygen atoms in total. The molecule has 0 unspecified atom stereocenters. The van der Waals surface area contributed by atoms with Crippen molar-refractivity contribution in [1.82, 2.24) is 0 Å². The zero-order valence-corrected chi connectivity index (χ0v) is 13.3. The summed E-state index contributed by atoms with van der Waals surface area (Å²) in [6, 6.07) is 9.17. The SMILES string of the molecule is O=[N+]([O-])c1ccc(Cl)c([C@H]2Nc3c(F)cccc3[C@H]3C=CC[C@H]32)c1. The van der Waals surface area contributed by atoms with Crippen molar-refractivity contribution in [2.45, 2.75) is 18.4 Å². The Morgan fingerprint density at radius 1 is 1.25 bits per heavy atom. The summed E-state index contributed by atoms with van der Waals surface area (Å²) in [5.74, 6) is -0.0890. The highest BCUT2D eigenvalue weighted by Gasteiger charge is 2.39. The van der Waals surface area contributed by atoms with Gasteiger partial charge in [0.25, 0.3) is 5.69 Å². The highest BCUT2D eigenvalue weighted by atomic mass is 35.5. The molecule has 0 bridgehead atoms. The molecule has 0 saturated heterocycles. The Hall–Kier alpha value is -2.40. The molecule has 4 rings (SSSR count). The minimum atomic E-state index is -0.443. The summed E-state index contributed by atoms with van der Waals surface area (Å²) in [5, 5.41) is 14.8. The third kappa shape index (κ3) is 2.27. The quantitative estimate of drug-likeness (QED) is 0.462. The van der Waals surface area contributed by atoms with Crippen LogP contribution in [0.5, 0.6) is 0 Å². The molecule has 0 amide bonds. The molecular weight excluding hydrogens is 331 g/mol. The summed E-state index contributed by atoms with van der Waals surface area (Å²) in [6.07, 6.45) is 4.98. The van der Waals surface area contributed by atoms with E-state index < -0.39 is 4.92 Å². The van der Waals surface area contributed by atoms with Crippen molar-refractivity contribution >= 4 is 23.0 Å². The van der Waals surface area contributed by atoms with Crippen LogP contribution >= 0.6 is 11.6 Å². The van der Waals surface area contributed by atoms with E-state index in [4.69, 9.17) is 11.6 Å². The Kier molecular flexibility index (Phi) is 3.53. The molecule has 0 spiro atoms. The lowest BCUT2D eigenvalue weighted by molar-refractivity contribution is -0.384. The lowest BCUT2D eigenvalue weighted by Crippen LogP contribution is -2.30. The van der Waals surface area contributed by atoms with Gasteiger partial charge in [0.1, 0.15) is 5.82 Å². The van der Waals surface area contributed by atoms with Crippen molar-refractivity contribution in [2.24, 2.45) is 5.92 Å². The van der Waals surface area contributed by atoms with E-state index in [1.54, 1.807) is 6.07 Å². The van der Waals surface area contributed by atoms with Crippen molar-refractivity contribution in [1.29, 1.82) is 0 Å². The van der Waals surface area contributed by atoms with E-state index in [-0.39, 0.29) is 29.4 Å². The number of benzene rings is 2. The molecule has 1 aliphatic carbocycles. The zero-order valence-electron chi connectivity index (χ0n) is 12.6. The number of non-ortho nitro benzene ring substituents is 1. The van der Waals surface area contributed by atoms with Gasteiger partial charge < -0.3 is 5.32 Å². The van der Waals surface area contributed by atoms with Crippen LogP contribution in [-0.4, -0.2) is 4.92 Å². The van der Waals surface area contributed by atoms with Gasteiger partial charge in [-0.2, -0.15) is 0 Å². The molecule has 2 aromatic carbocycles. The zero-order chi connectivity index (χ0) is 16.8. The normalized spacial score (nSPS) is 24.2. The molecular formula is C18H14ClFN2O2. The van der Waals surface area contributed by atoms with Crippen LogP contribution in [0.1, 0.15) is 29.5 Å². The van der Waals surface area contributed by atoms with Crippen LogP contribution in [0.3, 0.4) is 0 Å². The third-order valence-corrected chi connectivity index (χ3v) is 5.22. The monoisotopic (exact) mass is 344 g/mol. The summed E-state index contributed by atoms with van der Waals surface area (Å²) < 4.78 is 14.3. The number of nitrogens with one attached hydrogen (secondary N) is 1. The number of rotatable bonds is 2. The Morgan fingerprint density at radius 2 is 2.08 bits per heavy atom. The van der Waals surface area contributed by atoms with E-state index in [1.165, 1.54) is 24.3 Å². The molecule has 2 aromatic rings. The van der Waals surface area contributed by atoms with Gasteiger partial charge in [-0.25, -0.2) is 4.39 Å². The second-order valence-electron chi connectivity index (χ2n) is 6.14. The first-order valence-electron chi connectivity index (χ1n) is 7.71. The first-order chi connectivity index (χ1) is 11.6. The maximum atomic E-state index is 14.3. The fourth-order valence-corrected chi connectivity index (χ4v) is 4.01. The van der Waals surface area contributed by atoms with Gasteiger partial charge in [0.2, 0.25) is 0 Å². The lowest BCUT2D eigenvalue weighted by atomic mass is 9.77. The number of para-hydroxylation sites is 1. The molecule has 2 aliphatic rings. The molecule has 122 valence electrons. The first-order valence-corrected chi connectivity index (χ1v) is 8.09. The molecule has 24 heavy (non-hydrogen) atoms. The van der Waals surface area contributed by atoms with Crippen LogP contribution in [0.2, 0.25) is 5.02 Å². The van der Waals surface area contributed by atoms with Crippen molar-refractivity contribution in [3.63, 3.8) is 0 Å². The van der Waals surface area contributed by atoms with Gasteiger partial charge in [0, 0.05) is 28.6 Å². The Balaban J connectivity index is 1.84. The molecule has 1 N–H and O–H groups in total. The van der Waals surface area contributed by atoms with Crippen molar-refractivity contribution in [3.8, 4) is 0 Å². The van der Waals surface area contributed by atoms with E-state index in [2.05, 4.69) is 17.5 Å². The van der Waals surface area contributed by atoms with Gasteiger partial charge in [-0.15, -0.1) is 0 Å². The molecule has 6 heteroatoms. The Morgan fingerprint density at radius 3 is 2.88 bits per heavy atom. The van der Waals surface area contributed by atoms with Crippen molar-refractivity contribution in [3.05, 3.63) is 80.6 Å². The maximum Gasteiger partial charge on any atom is 0.269 e. The predicted octanol–water partition coefficient (Wildman–Crippen LogP) is 5.21. The topological polar surface area (TPSA) is 55.2 Å². The number of nitro benzene ring substituents is 1. The highest BCUT2D eigenvalue weighted by Crippen LogP contribution is 2.51. The highest BCUT2D eigenvalue weighted by molar-refractivity contribution is 6.31. The number of hydrogen-bond acceptors (Lipinski definition) is 3. The average Bonchev–Trinajstić information content (AvgIpc) is 3.05. The van der Waals surface area contributed by atoms with Crippen LogP contribution in [0.25, 0.3) is 0 Å². The van der Waals surface area contributed by atoms with E-state index >= 15 is 0 Å². The molecule has 0 saturated carbocycles. The van der Waals surface area contributed by atoms with Crippen LogP contribution in [0.4, 0.5) is 15.8 Å². The minimum Gasteiger partial charge on any atom is -0.375 e. The van der Waals surface area contributed by atoms with E-state index in [9.17, 15) is 14.5 Å². The Bertz CT molecular complexity index is 868. The lowest BCUT2D eigenvalue weighted by Gasteiger charge is -2.37. The first kappa shape index (κ1) is 15.1. The fraction of sp³-hybridized carbons (Fsp3) is 0.222. The Labute approximate surface area is 143 Å². The average molecular weight is 345 g/mol. The van der Waals surface area contributed by atoms with Crippen LogP contribution < -0.4 is 5.32 Å². The summed E-state index contributed by atoms with van der Waals surface area (Å²) in [6.45, 7) is 0. The maximum absolute atomic E-state index is 14.3. The van der Waals surface area contributed by atoms with Gasteiger partial charge in [0.05, 0.1) is 16.7 Å². The number of nitrogens with zero attached hydrogens (tertiary/aromatic N) is 1. The fourth-order valence-electron chi connectivity index (χ4n) is 3.77. The standard InChI is InChI=1S/C18H14ClFN2O2/c19-15-8-7-10(22(23)24)9-14(15)17-12-4-1-3-11(12)13-5-2-6-16(20)18(13)21-17/h1-3,5-9,11-12,17,21H,4H2/t11-,12+,17-/m0/s1. The number of halogens is 2. The molecule has 3 atom stereocenters. The van der Waals surface area contributed by atoms with Gasteiger partial charge in [0.15, 0.2) is 0 Å². The predicted molar refractivity (Wildman–Crippen MR) is 90.9 cm³/mol. The number of nitro groups is 1. The van der Waals surface area contributed by atoms with E-state index in [0.717, 1.165) is 12.0 Å². The number of allylic oxidation sites excluding steroid dienone is 2. The molecule has 0 aromatic heterocycles. The van der Waals surface area contributed by atoms with Gasteiger partial charge in [-0.3, -0.25) is 10.1 Å². The van der Waals surface area contributed by atoms with Crippen molar-refractivity contribution in [2.75, 3.05) is 5.32 Å². The second-order valence-corrected chi connectivity index (χ2v) is 6.55. The van der Waals surface area contributed by atoms with Gasteiger partial charge in [-0.05, 0) is 30.0 Å². The van der Waals surface area contributed by atoms with E-state index in [0.29, 0.717) is 16.3 Å². The number of fused-ring (bicyclic) bond motifs is 3. The summed E-state index contributed by atoms with van der Waals surface area (Å²) >= 11 is 6.31. The van der Waals surface area contributed by atoms with Gasteiger partial charge in [-0.1, -0.05) is 35.9 Å². The van der Waals surface area contributed by atoms with Crippen LogP contribution in [-0.2, 0) is 0 Å². The number of anilines is 1. The number of hydrogen-bond donors (Lipinski definition) is 1. The molecule has 1 aliphatic heterocycles. The van der Waals surface area contributed by atoms with E-state index in [1.807, 2.05) is 6.07 Å². The molecule has 1 heterocycles. The van der Waals surface area contributed by atoms with Gasteiger partial charge >= 0.3 is 0 Å². The van der Waals surface area contributed by atoms with Crippen molar-refractivity contribution < 1.29 is 9.31 Å².